The van der Waals surface area contributed by atoms with E-state index in [2.05, 4.69) is 33.2 Å². The third-order valence-electron chi connectivity index (χ3n) is 8.11. The Morgan fingerprint density at radius 2 is 1.80 bits per heavy atom. The fourth-order valence-electron chi connectivity index (χ4n) is 5.76. The Balaban J connectivity index is 0.000000361. The fourth-order valence-corrected chi connectivity index (χ4v) is 5.76. The SMILES string of the molecule is Cc1ccc(-c2[c-]cccc2)nc1.[2H]C([2H])([2H])c1ccc2c(n1)oc1c(-c3cc(C(C)(C)C([2H])([2H])C4=CCC(C([2H])([2H])C(C)(C)C)C=C4)ccn3)[c-]ccc12.[Ir]. The molecule has 1 radical (unpaired) electrons. The minimum atomic E-state index is -2.36. The zero-order valence-corrected chi connectivity index (χ0v) is 31.1. The summed E-state index contributed by atoms with van der Waals surface area (Å²) in [6.07, 6.45) is 6.12. The summed E-state index contributed by atoms with van der Waals surface area (Å²) in [5.41, 5.74) is 4.69. The van der Waals surface area contributed by atoms with Crippen LogP contribution in [0.1, 0.15) is 80.2 Å². The second kappa shape index (κ2) is 15.2. The Morgan fingerprint density at radius 1 is 0.939 bits per heavy atom. The van der Waals surface area contributed by atoms with E-state index in [-0.39, 0.29) is 37.4 Å². The van der Waals surface area contributed by atoms with Crippen molar-refractivity contribution in [1.82, 2.24) is 15.0 Å². The predicted molar refractivity (Wildman–Crippen MR) is 199 cm³/mol. The molecule has 0 saturated heterocycles. The second-order valence-corrected chi connectivity index (χ2v) is 13.7. The number of pyridine rings is 3. The first-order chi connectivity index (χ1) is 25.7. The average molecular weight is 831 g/mol. The molecule has 253 valence electrons. The average Bonchev–Trinajstić information content (AvgIpc) is 3.53. The zero-order chi connectivity index (χ0) is 40.0. The molecule has 49 heavy (non-hydrogen) atoms. The number of aryl methyl sites for hydroxylation is 2. The minimum absolute atomic E-state index is 0. The summed E-state index contributed by atoms with van der Waals surface area (Å²) in [5, 5.41) is 1.44. The van der Waals surface area contributed by atoms with Crippen LogP contribution in [0.5, 0.6) is 0 Å². The summed E-state index contributed by atoms with van der Waals surface area (Å²) in [7, 11) is 0. The van der Waals surface area contributed by atoms with E-state index in [0.717, 1.165) is 22.2 Å². The molecule has 1 atom stereocenters. The van der Waals surface area contributed by atoms with Crippen molar-refractivity contribution in [2.75, 3.05) is 0 Å². The van der Waals surface area contributed by atoms with Crippen LogP contribution in [0.4, 0.5) is 0 Å². The molecule has 5 heteroatoms. The Bertz CT molecular complexity index is 2380. The molecule has 0 aliphatic heterocycles. The molecule has 0 spiro atoms. The van der Waals surface area contributed by atoms with Crippen LogP contribution in [-0.4, -0.2) is 15.0 Å². The minimum Gasteiger partial charge on any atom is -0.486 e. The van der Waals surface area contributed by atoms with E-state index >= 15 is 0 Å². The Labute approximate surface area is 315 Å². The van der Waals surface area contributed by atoms with E-state index in [0.29, 0.717) is 34.2 Å². The largest absolute Gasteiger partial charge is 0.486 e. The van der Waals surface area contributed by atoms with Gasteiger partial charge in [-0.3, -0.25) is 0 Å². The molecular weight excluding hydrogens is 779 g/mol. The summed E-state index contributed by atoms with van der Waals surface area (Å²) < 4.78 is 64.8. The first kappa shape index (κ1) is 27.6. The number of allylic oxidation sites excluding steroid dienone is 4. The molecule has 0 saturated carbocycles. The van der Waals surface area contributed by atoms with Gasteiger partial charge in [-0.1, -0.05) is 87.6 Å². The number of hydrogen-bond donors (Lipinski definition) is 0. The number of benzene rings is 2. The molecule has 2 aromatic carbocycles. The van der Waals surface area contributed by atoms with Crippen molar-refractivity contribution in [2.24, 2.45) is 11.3 Å². The van der Waals surface area contributed by atoms with Gasteiger partial charge in [-0.05, 0) is 90.4 Å². The van der Waals surface area contributed by atoms with Gasteiger partial charge >= 0.3 is 0 Å². The zero-order valence-electron chi connectivity index (χ0n) is 35.7. The number of nitrogens with zero attached hydrogens (tertiary/aromatic N) is 3. The molecule has 0 fully saturated rings. The van der Waals surface area contributed by atoms with E-state index in [1.807, 2.05) is 102 Å². The number of fused-ring (bicyclic) bond motifs is 3. The first-order valence-electron chi connectivity index (χ1n) is 19.7. The monoisotopic (exact) mass is 831 g/mol. The normalized spacial score (nSPS) is 17.6. The Morgan fingerprint density at radius 3 is 2.49 bits per heavy atom. The summed E-state index contributed by atoms with van der Waals surface area (Å²) in [4.78, 5) is 13.1. The smallest absolute Gasteiger partial charge is 0.216 e. The van der Waals surface area contributed by atoms with Crippen molar-refractivity contribution < 1.29 is 34.1 Å². The van der Waals surface area contributed by atoms with E-state index in [1.165, 1.54) is 11.6 Å². The van der Waals surface area contributed by atoms with Gasteiger partial charge in [-0.15, -0.1) is 54.1 Å². The van der Waals surface area contributed by atoms with Crippen molar-refractivity contribution in [3.8, 4) is 22.5 Å². The van der Waals surface area contributed by atoms with Crippen LogP contribution in [-0.2, 0) is 25.5 Å². The molecule has 0 bridgehead atoms. The maximum Gasteiger partial charge on any atom is 0.216 e. The summed E-state index contributed by atoms with van der Waals surface area (Å²) in [6.45, 7) is 9.05. The molecule has 6 aromatic rings. The van der Waals surface area contributed by atoms with Gasteiger partial charge in [0.05, 0.1) is 5.58 Å². The van der Waals surface area contributed by atoms with Crippen LogP contribution in [0, 0.1) is 37.2 Å². The third-order valence-corrected chi connectivity index (χ3v) is 8.11. The maximum absolute atomic E-state index is 9.21. The van der Waals surface area contributed by atoms with Gasteiger partial charge in [0.1, 0.15) is 0 Å². The van der Waals surface area contributed by atoms with Crippen molar-refractivity contribution in [1.29, 1.82) is 0 Å². The van der Waals surface area contributed by atoms with E-state index in [1.54, 1.807) is 30.5 Å². The van der Waals surface area contributed by atoms with Crippen molar-refractivity contribution in [3.05, 3.63) is 138 Å². The van der Waals surface area contributed by atoms with Gasteiger partial charge in [-0.25, -0.2) is 4.98 Å². The number of hydrogen-bond acceptors (Lipinski definition) is 4. The van der Waals surface area contributed by atoms with Gasteiger partial charge < -0.3 is 14.4 Å². The third kappa shape index (κ3) is 8.89. The van der Waals surface area contributed by atoms with Crippen molar-refractivity contribution >= 4 is 22.1 Å². The first-order valence-corrected chi connectivity index (χ1v) is 16.2. The van der Waals surface area contributed by atoms with Crippen LogP contribution in [0.15, 0.2) is 113 Å². The van der Waals surface area contributed by atoms with Gasteiger partial charge in [-0.2, -0.15) is 0 Å². The van der Waals surface area contributed by atoms with Crippen LogP contribution in [0.3, 0.4) is 0 Å². The number of furan rings is 1. The van der Waals surface area contributed by atoms with Gasteiger partial charge in [0, 0.05) is 53.2 Å². The fraction of sp³-hybridized carbons (Fsp3) is 0.295. The maximum atomic E-state index is 9.21. The molecule has 1 aliphatic rings. The Kier molecular flexibility index (Phi) is 8.54. The molecule has 4 heterocycles. The molecule has 1 unspecified atom stereocenters. The van der Waals surface area contributed by atoms with Crippen LogP contribution in [0.2, 0.25) is 0 Å². The molecule has 4 nitrogen and oxygen atoms in total. The Hall–Kier alpha value is -4.18. The molecule has 4 aromatic heterocycles. The second-order valence-electron chi connectivity index (χ2n) is 13.7. The van der Waals surface area contributed by atoms with Crippen LogP contribution >= 0.6 is 0 Å². The number of rotatable bonds is 6. The molecule has 7 rings (SSSR count). The predicted octanol–water partition coefficient (Wildman–Crippen LogP) is 11.6. The molecular formula is C44H45IrN3O-2. The summed E-state index contributed by atoms with van der Waals surface area (Å²) in [6, 6.07) is 28.7. The van der Waals surface area contributed by atoms with Gasteiger partial charge in [0.25, 0.3) is 0 Å². The topological polar surface area (TPSA) is 51.8 Å². The summed E-state index contributed by atoms with van der Waals surface area (Å²) >= 11 is 0. The quantitative estimate of drug-likeness (QED) is 0.157. The van der Waals surface area contributed by atoms with E-state index in [9.17, 15) is 2.74 Å². The molecule has 1 aliphatic carbocycles. The van der Waals surface area contributed by atoms with Crippen LogP contribution < -0.4 is 0 Å². The van der Waals surface area contributed by atoms with E-state index < -0.39 is 30.4 Å². The summed E-state index contributed by atoms with van der Waals surface area (Å²) in [5.74, 6) is -0.335. The van der Waals surface area contributed by atoms with Gasteiger partial charge in [0.15, 0.2) is 0 Å². The standard InChI is InChI=1S/C32H35N2O.C12H10N.Ir/c1-21-10-15-26-25-8-7-9-27(29(25)35-30(26)34-21)28-18-24(16-17-33-28)32(5,6)20-23-13-11-22(12-14-23)19-31(2,3)4;1-10-7-8-12(13-9-10)11-5-3-2-4-6-11;/h7-8,10-11,13-18,22H,12,19-20H2,1-6H3;2-5,7-9H,1H3;/q2*-1;/i1D3,19D2,20D2;;. The molecule has 0 amide bonds. The van der Waals surface area contributed by atoms with Gasteiger partial charge in [0.2, 0.25) is 5.71 Å². The van der Waals surface area contributed by atoms with Crippen LogP contribution in [0.25, 0.3) is 44.6 Å². The van der Waals surface area contributed by atoms with Crippen molar-refractivity contribution in [2.45, 2.75) is 73.0 Å². The van der Waals surface area contributed by atoms with E-state index in [4.69, 9.17) is 11.3 Å². The molecule has 0 N–H and O–H groups in total. The number of aromatic nitrogens is 3. The van der Waals surface area contributed by atoms with Crippen molar-refractivity contribution in [3.63, 3.8) is 0 Å².